The Labute approximate surface area is 81.9 Å². The van der Waals surface area contributed by atoms with Crippen molar-refractivity contribution in [1.29, 1.82) is 0 Å². The molecule has 0 bridgehead atoms. The summed E-state index contributed by atoms with van der Waals surface area (Å²) >= 11 is 0. The van der Waals surface area contributed by atoms with Crippen molar-refractivity contribution in [2.75, 3.05) is 7.11 Å². The molecule has 14 heavy (non-hydrogen) atoms. The minimum Gasteiger partial charge on any atom is -0.497 e. The molecule has 2 rings (SSSR count). The first-order chi connectivity index (χ1) is 6.88. The molecule has 0 fully saturated rings. The van der Waals surface area contributed by atoms with E-state index >= 15 is 0 Å². The first-order valence-electron chi connectivity index (χ1n) is 4.16. The van der Waals surface area contributed by atoms with Gasteiger partial charge in [0.05, 0.1) is 7.11 Å². The van der Waals surface area contributed by atoms with Gasteiger partial charge in [0.2, 0.25) is 0 Å². The summed E-state index contributed by atoms with van der Waals surface area (Å²) in [5.74, 6) is 1.84. The third-order valence-electron chi connectivity index (χ3n) is 1.71. The zero-order valence-electron chi connectivity index (χ0n) is 7.69. The van der Waals surface area contributed by atoms with E-state index in [1.807, 2.05) is 18.2 Å². The van der Waals surface area contributed by atoms with Crippen molar-refractivity contribution in [3.8, 4) is 17.4 Å². The minimum atomic E-state index is 0.415. The van der Waals surface area contributed by atoms with E-state index in [1.165, 1.54) is 0 Å². The summed E-state index contributed by atoms with van der Waals surface area (Å²) in [6, 6.07) is 10.6. The molecule has 0 spiro atoms. The first-order valence-corrected chi connectivity index (χ1v) is 4.16. The molecule has 0 aliphatic carbocycles. The fourth-order valence-corrected chi connectivity index (χ4v) is 1.06. The molecule has 1 radical (unpaired) electrons. The molecule has 0 aliphatic heterocycles. The largest absolute Gasteiger partial charge is 0.497 e. The molecule has 1 aromatic carbocycles. The normalized spacial score (nSPS) is 9.79. The SMILES string of the molecule is COc1cccc(Oc2cc[c]o2)c1. The average Bonchev–Trinajstić information content (AvgIpc) is 2.71. The maximum Gasteiger partial charge on any atom is 0.290 e. The smallest absolute Gasteiger partial charge is 0.290 e. The van der Waals surface area contributed by atoms with Crippen LogP contribution in [0.4, 0.5) is 0 Å². The molecule has 3 nitrogen and oxygen atoms in total. The Balaban J connectivity index is 2.17. The van der Waals surface area contributed by atoms with Gasteiger partial charge in [0, 0.05) is 12.1 Å². The van der Waals surface area contributed by atoms with E-state index in [2.05, 4.69) is 6.26 Å². The van der Waals surface area contributed by atoms with Crippen LogP contribution in [0.3, 0.4) is 0 Å². The molecular weight excluding hydrogens is 180 g/mol. The van der Waals surface area contributed by atoms with E-state index < -0.39 is 0 Å². The zero-order valence-corrected chi connectivity index (χ0v) is 7.69. The van der Waals surface area contributed by atoms with Crippen molar-refractivity contribution < 1.29 is 13.9 Å². The van der Waals surface area contributed by atoms with Crippen molar-refractivity contribution in [3.05, 3.63) is 42.7 Å². The molecule has 0 aliphatic rings. The van der Waals surface area contributed by atoms with Crippen LogP contribution in [0.15, 0.2) is 40.8 Å². The second kappa shape index (κ2) is 3.87. The van der Waals surface area contributed by atoms with Crippen LogP contribution in [0.25, 0.3) is 0 Å². The number of methoxy groups -OCH3 is 1. The van der Waals surface area contributed by atoms with Crippen LogP contribution >= 0.6 is 0 Å². The molecule has 0 unspecified atom stereocenters. The van der Waals surface area contributed by atoms with Gasteiger partial charge in [-0.3, -0.25) is 0 Å². The van der Waals surface area contributed by atoms with Crippen LogP contribution < -0.4 is 9.47 Å². The van der Waals surface area contributed by atoms with Crippen LogP contribution in [-0.4, -0.2) is 7.11 Å². The number of hydrogen-bond acceptors (Lipinski definition) is 3. The monoisotopic (exact) mass is 189 g/mol. The van der Waals surface area contributed by atoms with Gasteiger partial charge in [-0.15, -0.1) is 0 Å². The highest BCUT2D eigenvalue weighted by molar-refractivity contribution is 5.34. The van der Waals surface area contributed by atoms with Crippen LogP contribution in [0.2, 0.25) is 0 Å². The quantitative estimate of drug-likeness (QED) is 0.743. The molecule has 0 atom stereocenters. The summed E-state index contributed by atoms with van der Waals surface area (Å²) in [4.78, 5) is 0. The fraction of sp³-hybridized carbons (Fsp3) is 0.0909. The van der Waals surface area contributed by atoms with Crippen molar-refractivity contribution in [1.82, 2.24) is 0 Å². The lowest BCUT2D eigenvalue weighted by Gasteiger charge is -2.03. The van der Waals surface area contributed by atoms with Crippen molar-refractivity contribution in [2.24, 2.45) is 0 Å². The molecule has 0 saturated carbocycles. The van der Waals surface area contributed by atoms with Gasteiger partial charge in [0.25, 0.3) is 5.95 Å². The van der Waals surface area contributed by atoms with Gasteiger partial charge in [-0.25, -0.2) is 0 Å². The van der Waals surface area contributed by atoms with Crippen molar-refractivity contribution in [3.63, 3.8) is 0 Å². The maximum atomic E-state index is 5.38. The fourth-order valence-electron chi connectivity index (χ4n) is 1.06. The predicted molar refractivity (Wildman–Crippen MR) is 50.6 cm³/mol. The summed E-state index contributed by atoms with van der Waals surface area (Å²) in [7, 11) is 1.61. The maximum absolute atomic E-state index is 5.38. The molecule has 71 valence electrons. The number of ether oxygens (including phenoxy) is 2. The highest BCUT2D eigenvalue weighted by atomic mass is 16.6. The summed E-state index contributed by atoms with van der Waals surface area (Å²) in [5.41, 5.74) is 0. The van der Waals surface area contributed by atoms with Gasteiger partial charge in [0.15, 0.2) is 6.26 Å². The zero-order chi connectivity index (χ0) is 9.80. The van der Waals surface area contributed by atoms with E-state index in [4.69, 9.17) is 13.9 Å². The lowest BCUT2D eigenvalue weighted by Crippen LogP contribution is -1.84. The van der Waals surface area contributed by atoms with Gasteiger partial charge in [-0.2, -0.15) is 0 Å². The molecular formula is C11H9O3. The van der Waals surface area contributed by atoms with Crippen LogP contribution in [0.5, 0.6) is 17.4 Å². The second-order valence-electron chi connectivity index (χ2n) is 2.65. The standard InChI is InChI=1S/C11H9O3/c1-12-9-4-2-5-10(8-9)14-11-6-3-7-13-11/h2-6,8H,1H3. The highest BCUT2D eigenvalue weighted by Gasteiger charge is 2.00. The number of rotatable bonds is 3. The first kappa shape index (κ1) is 8.69. The van der Waals surface area contributed by atoms with E-state index in [-0.39, 0.29) is 0 Å². The van der Waals surface area contributed by atoms with Gasteiger partial charge < -0.3 is 13.9 Å². The summed E-state index contributed by atoms with van der Waals surface area (Å²) in [6.45, 7) is 0. The third kappa shape index (κ3) is 1.88. The Morgan fingerprint density at radius 1 is 1.21 bits per heavy atom. The third-order valence-corrected chi connectivity index (χ3v) is 1.71. The Morgan fingerprint density at radius 2 is 2.07 bits per heavy atom. The number of benzene rings is 1. The van der Waals surface area contributed by atoms with E-state index in [9.17, 15) is 0 Å². The van der Waals surface area contributed by atoms with E-state index in [1.54, 1.807) is 25.3 Å². The number of furan rings is 1. The van der Waals surface area contributed by atoms with Gasteiger partial charge in [-0.1, -0.05) is 6.07 Å². The van der Waals surface area contributed by atoms with Gasteiger partial charge in [-0.05, 0) is 18.2 Å². The lowest BCUT2D eigenvalue weighted by molar-refractivity contribution is 0.341. The predicted octanol–water partition coefficient (Wildman–Crippen LogP) is 2.88. The molecule has 0 amide bonds. The Hall–Kier alpha value is -1.90. The van der Waals surface area contributed by atoms with Crippen LogP contribution in [0, 0.1) is 6.26 Å². The Kier molecular flexibility index (Phi) is 2.40. The van der Waals surface area contributed by atoms with Crippen molar-refractivity contribution in [2.45, 2.75) is 0 Å². The van der Waals surface area contributed by atoms with Gasteiger partial charge in [0.1, 0.15) is 11.5 Å². The summed E-state index contributed by atoms with van der Waals surface area (Å²) in [6.07, 6.45) is 2.55. The molecule has 0 saturated heterocycles. The minimum absolute atomic E-state index is 0.415. The number of hydrogen-bond donors (Lipinski definition) is 0. The Bertz CT molecular complexity index is 393. The van der Waals surface area contributed by atoms with Crippen LogP contribution in [0.1, 0.15) is 0 Å². The molecule has 2 aromatic rings. The summed E-state index contributed by atoms with van der Waals surface area (Å²) in [5, 5.41) is 0. The van der Waals surface area contributed by atoms with E-state index in [0.29, 0.717) is 11.7 Å². The molecule has 1 aromatic heterocycles. The topological polar surface area (TPSA) is 31.6 Å². The van der Waals surface area contributed by atoms with E-state index in [0.717, 1.165) is 5.75 Å². The molecule has 3 heteroatoms. The lowest BCUT2D eigenvalue weighted by atomic mass is 10.3. The Morgan fingerprint density at radius 3 is 2.79 bits per heavy atom. The van der Waals surface area contributed by atoms with Crippen molar-refractivity contribution >= 4 is 0 Å². The average molecular weight is 189 g/mol. The second-order valence-corrected chi connectivity index (χ2v) is 2.65. The van der Waals surface area contributed by atoms with Gasteiger partial charge >= 0.3 is 0 Å². The molecule has 0 N–H and O–H groups in total. The van der Waals surface area contributed by atoms with Crippen LogP contribution in [-0.2, 0) is 0 Å². The highest BCUT2D eigenvalue weighted by Crippen LogP contribution is 2.24. The molecule has 1 heterocycles. The summed E-state index contributed by atoms with van der Waals surface area (Å²) < 4.78 is 15.4.